The minimum Gasteiger partial charge on any atom is -0.314 e. The van der Waals surface area contributed by atoms with Crippen molar-refractivity contribution in [3.05, 3.63) is 12.4 Å². The van der Waals surface area contributed by atoms with Crippen molar-refractivity contribution in [1.82, 2.24) is 24.7 Å². The lowest BCUT2D eigenvalue weighted by molar-refractivity contribution is -0.182. The summed E-state index contributed by atoms with van der Waals surface area (Å²) in [6.07, 6.45) is -5.68. The predicted octanol–water partition coefficient (Wildman–Crippen LogP) is 0.684. The zero-order valence-electron chi connectivity index (χ0n) is 13.4. The summed E-state index contributed by atoms with van der Waals surface area (Å²) in [4.78, 5) is 0.688. The number of aromatic nitrogens is 2. The summed E-state index contributed by atoms with van der Waals surface area (Å²) in [7, 11) is -4.29. The topological polar surface area (TPSA) is 79.3 Å². The van der Waals surface area contributed by atoms with Gasteiger partial charge in [0.1, 0.15) is 17.5 Å². The molecule has 7 nitrogen and oxygen atoms in total. The first kappa shape index (κ1) is 23.0. The van der Waals surface area contributed by atoms with Gasteiger partial charge in [-0.2, -0.15) is 18.3 Å². The number of nitrogens with zero attached hydrogens (tertiary/aromatic N) is 3. The third-order valence-electron chi connectivity index (χ3n) is 3.68. The molecule has 1 aliphatic heterocycles. The van der Waals surface area contributed by atoms with E-state index in [4.69, 9.17) is 0 Å². The van der Waals surface area contributed by atoms with Crippen molar-refractivity contribution in [2.75, 3.05) is 32.7 Å². The van der Waals surface area contributed by atoms with Gasteiger partial charge in [-0.05, 0) is 0 Å². The molecule has 1 aromatic heterocycles. The standard InChI is InChI=1S/C12H18F5N5O2S.ClH/c13-11(14)8-22-7-9(5-19-22)25(23,24)20-6-10(12(15,16)17)21-3-1-18-2-4-21;/h5,7,10-11,18,20H,1-4,6,8H2;1H. The number of nitrogens with one attached hydrogen (secondary N) is 2. The molecule has 0 spiro atoms. The molecule has 1 fully saturated rings. The van der Waals surface area contributed by atoms with E-state index in [2.05, 4.69) is 10.4 Å². The smallest absolute Gasteiger partial charge is 0.314 e. The first-order chi connectivity index (χ1) is 11.6. The van der Waals surface area contributed by atoms with Crippen LogP contribution in [0.3, 0.4) is 0 Å². The van der Waals surface area contributed by atoms with Gasteiger partial charge >= 0.3 is 6.18 Å². The van der Waals surface area contributed by atoms with Crippen LogP contribution in [0.5, 0.6) is 0 Å². The van der Waals surface area contributed by atoms with E-state index < -0.39 is 46.7 Å². The van der Waals surface area contributed by atoms with E-state index in [1.54, 1.807) is 0 Å². The molecule has 2 heterocycles. The van der Waals surface area contributed by atoms with Gasteiger partial charge in [-0.15, -0.1) is 12.4 Å². The molecule has 1 unspecified atom stereocenters. The molecule has 2 N–H and O–H groups in total. The Morgan fingerprint density at radius 1 is 1.27 bits per heavy atom. The zero-order valence-corrected chi connectivity index (χ0v) is 15.0. The van der Waals surface area contributed by atoms with Gasteiger partial charge in [-0.3, -0.25) is 9.58 Å². The number of halogens is 6. The van der Waals surface area contributed by atoms with Gasteiger partial charge in [-0.25, -0.2) is 21.9 Å². The van der Waals surface area contributed by atoms with Crippen molar-refractivity contribution in [3.8, 4) is 0 Å². The minimum atomic E-state index is -4.61. The molecule has 1 aromatic rings. The van der Waals surface area contributed by atoms with Crippen LogP contribution in [0, 0.1) is 0 Å². The fraction of sp³-hybridized carbons (Fsp3) is 0.750. The maximum Gasteiger partial charge on any atom is 0.405 e. The molecule has 14 heteroatoms. The maximum atomic E-state index is 13.2. The average molecular weight is 428 g/mol. The summed E-state index contributed by atoms with van der Waals surface area (Å²) in [5, 5.41) is 6.38. The molecule has 2 rings (SSSR count). The molecule has 0 radical (unpaired) electrons. The molecule has 1 atom stereocenters. The normalized spacial score (nSPS) is 17.9. The van der Waals surface area contributed by atoms with Crippen LogP contribution >= 0.6 is 12.4 Å². The molecule has 0 aliphatic carbocycles. The third-order valence-corrected chi connectivity index (χ3v) is 5.06. The lowest BCUT2D eigenvalue weighted by atomic mass is 10.2. The summed E-state index contributed by atoms with van der Waals surface area (Å²) < 4.78 is 91.0. The molecule has 0 bridgehead atoms. The largest absolute Gasteiger partial charge is 0.405 e. The van der Waals surface area contributed by atoms with Gasteiger partial charge < -0.3 is 5.32 Å². The number of rotatable bonds is 7. The van der Waals surface area contributed by atoms with Crippen LogP contribution in [0.1, 0.15) is 0 Å². The van der Waals surface area contributed by atoms with Crippen LogP contribution in [0.15, 0.2) is 17.3 Å². The highest BCUT2D eigenvalue weighted by Gasteiger charge is 2.44. The van der Waals surface area contributed by atoms with Crippen molar-refractivity contribution >= 4 is 22.4 Å². The van der Waals surface area contributed by atoms with E-state index in [0.29, 0.717) is 13.1 Å². The van der Waals surface area contributed by atoms with E-state index >= 15 is 0 Å². The van der Waals surface area contributed by atoms with E-state index in [1.165, 1.54) is 0 Å². The summed E-state index contributed by atoms with van der Waals surface area (Å²) in [6.45, 7) is -0.650. The Morgan fingerprint density at radius 3 is 2.42 bits per heavy atom. The second-order valence-corrected chi connectivity index (χ2v) is 7.25. The summed E-state index contributed by atoms with van der Waals surface area (Å²) in [6, 6.07) is -1.97. The Bertz CT molecular complexity index is 663. The van der Waals surface area contributed by atoms with Crippen LogP contribution in [0.4, 0.5) is 22.0 Å². The first-order valence-corrected chi connectivity index (χ1v) is 8.89. The Hall–Kier alpha value is -1.02. The molecule has 152 valence electrons. The van der Waals surface area contributed by atoms with Gasteiger partial charge in [0.05, 0.1) is 6.20 Å². The van der Waals surface area contributed by atoms with Crippen LogP contribution in [0.2, 0.25) is 0 Å². The number of sulfonamides is 1. The number of piperazine rings is 1. The lowest BCUT2D eigenvalue weighted by Gasteiger charge is -2.35. The van der Waals surface area contributed by atoms with E-state index in [0.717, 1.165) is 22.0 Å². The van der Waals surface area contributed by atoms with Crippen LogP contribution in [-0.2, 0) is 16.6 Å². The van der Waals surface area contributed by atoms with Crippen molar-refractivity contribution in [1.29, 1.82) is 0 Å². The molecule has 1 saturated heterocycles. The first-order valence-electron chi connectivity index (χ1n) is 7.41. The lowest BCUT2D eigenvalue weighted by Crippen LogP contribution is -2.57. The molecule has 26 heavy (non-hydrogen) atoms. The van der Waals surface area contributed by atoms with E-state index in [1.807, 2.05) is 4.72 Å². The molecule has 0 amide bonds. The summed E-state index contributed by atoms with van der Waals surface area (Å²) in [5.74, 6) is 0. The van der Waals surface area contributed by atoms with Gasteiger partial charge in [0.2, 0.25) is 10.0 Å². The van der Waals surface area contributed by atoms with Gasteiger partial charge in [0, 0.05) is 38.9 Å². The number of hydrogen-bond donors (Lipinski definition) is 2. The van der Waals surface area contributed by atoms with Gasteiger partial charge in [0.25, 0.3) is 6.43 Å². The van der Waals surface area contributed by atoms with E-state index in [9.17, 15) is 30.4 Å². The quantitative estimate of drug-likeness (QED) is 0.626. The molecule has 0 aromatic carbocycles. The predicted molar refractivity (Wildman–Crippen MR) is 85.0 cm³/mol. The average Bonchev–Trinajstić information content (AvgIpc) is 2.95. The maximum absolute atomic E-state index is 13.2. The highest BCUT2D eigenvalue weighted by atomic mass is 35.5. The fourth-order valence-corrected chi connectivity index (χ4v) is 3.43. The van der Waals surface area contributed by atoms with Crippen molar-refractivity contribution in [2.45, 2.75) is 30.1 Å². The Balaban J connectivity index is 0.00000338. The monoisotopic (exact) mass is 427 g/mol. The Kier molecular flexibility index (Phi) is 8.20. The van der Waals surface area contributed by atoms with E-state index in [-0.39, 0.29) is 25.5 Å². The third kappa shape index (κ3) is 6.30. The molecular formula is C12H19ClF5N5O2S. The second kappa shape index (κ2) is 9.26. The minimum absolute atomic E-state index is 0. The van der Waals surface area contributed by atoms with Crippen molar-refractivity contribution in [3.63, 3.8) is 0 Å². The van der Waals surface area contributed by atoms with Gasteiger partial charge in [0.15, 0.2) is 0 Å². The molecule has 0 saturated carbocycles. The van der Waals surface area contributed by atoms with Crippen LogP contribution in [-0.4, -0.2) is 74.5 Å². The number of alkyl halides is 5. The summed E-state index contributed by atoms with van der Waals surface area (Å²) in [5.41, 5.74) is 0. The van der Waals surface area contributed by atoms with Gasteiger partial charge in [-0.1, -0.05) is 0 Å². The van der Waals surface area contributed by atoms with Crippen molar-refractivity contribution in [2.24, 2.45) is 0 Å². The SMILES string of the molecule is Cl.O=S(=O)(NCC(N1CCNCC1)C(F)(F)F)c1cnn(CC(F)F)c1. The Labute approximate surface area is 153 Å². The fourth-order valence-electron chi connectivity index (χ4n) is 2.44. The molecular weight excluding hydrogens is 409 g/mol. The zero-order chi connectivity index (χ0) is 18.7. The highest BCUT2D eigenvalue weighted by Crippen LogP contribution is 2.25. The van der Waals surface area contributed by atoms with Crippen molar-refractivity contribution < 1.29 is 30.4 Å². The Morgan fingerprint density at radius 2 is 1.88 bits per heavy atom. The second-order valence-electron chi connectivity index (χ2n) is 5.48. The molecule has 1 aliphatic rings. The number of hydrogen-bond acceptors (Lipinski definition) is 5. The summed E-state index contributed by atoms with van der Waals surface area (Å²) >= 11 is 0. The van der Waals surface area contributed by atoms with Crippen LogP contribution < -0.4 is 10.0 Å². The highest BCUT2D eigenvalue weighted by molar-refractivity contribution is 7.89. The van der Waals surface area contributed by atoms with Crippen LogP contribution in [0.25, 0.3) is 0 Å².